The molecule has 0 bridgehead atoms. The summed E-state index contributed by atoms with van der Waals surface area (Å²) < 4.78 is 21.3. The third kappa shape index (κ3) is 10.8. The summed E-state index contributed by atoms with van der Waals surface area (Å²) in [6, 6.07) is 0. The Morgan fingerprint density at radius 1 is 1.00 bits per heavy atom. The van der Waals surface area contributed by atoms with E-state index in [9.17, 15) is 9.13 Å². The van der Waals surface area contributed by atoms with Gasteiger partial charge in [-0.05, 0) is 6.42 Å². The highest BCUT2D eigenvalue weighted by molar-refractivity contribution is 7.52. The Balaban J connectivity index is 4.32. The first kappa shape index (κ1) is 15.6. The Morgan fingerprint density at radius 3 is 1.67 bits per heavy atom. The van der Waals surface area contributed by atoms with Crippen molar-refractivity contribution in [3.05, 3.63) is 0 Å². The fraction of sp³-hybridized carbons (Fsp3) is 1.00. The Morgan fingerprint density at radius 2 is 1.40 bits per heavy atom. The predicted octanol–water partition coefficient (Wildman–Crippen LogP) is 0.188. The fourth-order valence-corrected chi connectivity index (χ4v) is 2.79. The summed E-state index contributed by atoms with van der Waals surface area (Å²) in [7, 11) is -8.62. The lowest BCUT2D eigenvalue weighted by molar-refractivity contribution is 0.278. The molecule has 15 heavy (non-hydrogen) atoms. The molecule has 0 aromatic carbocycles. The summed E-state index contributed by atoms with van der Waals surface area (Å²) in [6.07, 6.45) is -0.939. The summed E-state index contributed by atoms with van der Waals surface area (Å²) in [5, 5.41) is 0. The van der Waals surface area contributed by atoms with Crippen LogP contribution in [0.3, 0.4) is 0 Å². The van der Waals surface area contributed by atoms with E-state index < -0.39 is 27.8 Å². The van der Waals surface area contributed by atoms with Crippen LogP contribution in [0.15, 0.2) is 0 Å². The van der Waals surface area contributed by atoms with Gasteiger partial charge in [0.1, 0.15) is 12.6 Å². The van der Waals surface area contributed by atoms with Gasteiger partial charge in [0.05, 0.1) is 0 Å². The van der Waals surface area contributed by atoms with Crippen LogP contribution in [-0.4, -0.2) is 49.5 Å². The second kappa shape index (κ2) is 6.33. The predicted molar refractivity (Wildman–Crippen MR) is 55.9 cm³/mol. The van der Waals surface area contributed by atoms with Gasteiger partial charge in [0.15, 0.2) is 0 Å². The van der Waals surface area contributed by atoms with Crippen molar-refractivity contribution in [2.75, 3.05) is 25.0 Å². The van der Waals surface area contributed by atoms with Crippen molar-refractivity contribution in [3.63, 3.8) is 0 Å². The van der Waals surface area contributed by atoms with Crippen LogP contribution in [0.1, 0.15) is 6.42 Å². The van der Waals surface area contributed by atoms with E-state index in [4.69, 9.17) is 31.2 Å². The first-order chi connectivity index (χ1) is 6.64. The Kier molecular flexibility index (Phi) is 6.56. The Hall–Kier alpha value is 0.550. The number of hydrogen-bond acceptors (Lipinski definition) is 3. The molecule has 0 atom stereocenters. The van der Waals surface area contributed by atoms with Crippen molar-refractivity contribution in [3.8, 4) is 0 Å². The molecule has 0 unspecified atom stereocenters. The summed E-state index contributed by atoms with van der Waals surface area (Å²) in [5.74, 6) is 0.263. The zero-order valence-electron chi connectivity index (χ0n) is 7.86. The van der Waals surface area contributed by atoms with E-state index in [2.05, 4.69) is 0 Å². The molecule has 0 aliphatic rings. The van der Waals surface area contributed by atoms with Crippen LogP contribution < -0.4 is 0 Å². The third-order valence-electron chi connectivity index (χ3n) is 1.38. The van der Waals surface area contributed by atoms with Crippen LogP contribution in [0.25, 0.3) is 0 Å². The van der Waals surface area contributed by atoms with Crippen LogP contribution in [0.4, 0.5) is 0 Å². The molecule has 0 aromatic heterocycles. The third-order valence-corrected chi connectivity index (χ3v) is 3.18. The largest absolute Gasteiger partial charge is 0.339 e. The molecule has 0 saturated heterocycles. The van der Waals surface area contributed by atoms with Crippen LogP contribution in [0.2, 0.25) is 0 Å². The minimum atomic E-state index is -4.31. The zero-order chi connectivity index (χ0) is 12.1. The lowest BCUT2D eigenvalue weighted by Crippen LogP contribution is -2.27. The summed E-state index contributed by atoms with van der Waals surface area (Å²) in [4.78, 5) is 35.7. The molecular weight excluding hydrogens is 267 g/mol. The maximum atomic E-state index is 10.7. The van der Waals surface area contributed by atoms with Gasteiger partial charge in [-0.15, -0.1) is 11.6 Å². The van der Waals surface area contributed by atoms with Gasteiger partial charge < -0.3 is 19.6 Å². The molecule has 4 N–H and O–H groups in total. The van der Waals surface area contributed by atoms with Crippen LogP contribution >= 0.6 is 26.8 Å². The van der Waals surface area contributed by atoms with Crippen molar-refractivity contribution < 1.29 is 28.7 Å². The van der Waals surface area contributed by atoms with Gasteiger partial charge in [0.25, 0.3) is 0 Å². The van der Waals surface area contributed by atoms with E-state index >= 15 is 0 Å². The van der Waals surface area contributed by atoms with E-state index in [1.54, 1.807) is 0 Å². The Labute approximate surface area is 92.4 Å². The highest BCUT2D eigenvalue weighted by Crippen LogP contribution is 2.40. The number of rotatable bonds is 7. The van der Waals surface area contributed by atoms with Crippen molar-refractivity contribution in [1.82, 2.24) is 4.90 Å². The van der Waals surface area contributed by atoms with Gasteiger partial charge in [0.2, 0.25) is 0 Å². The molecule has 92 valence electrons. The zero-order valence-corrected chi connectivity index (χ0v) is 10.4. The first-order valence-corrected chi connectivity index (χ1v) is 8.14. The van der Waals surface area contributed by atoms with Crippen molar-refractivity contribution in [2.24, 2.45) is 0 Å². The molecule has 10 heteroatoms. The molecule has 0 aliphatic carbocycles. The molecule has 0 aromatic rings. The number of nitrogens with zero attached hydrogens (tertiary/aromatic N) is 1. The minimum Gasteiger partial charge on any atom is -0.324 e. The molecule has 0 aliphatic heterocycles. The maximum absolute atomic E-state index is 10.7. The highest BCUT2D eigenvalue weighted by Gasteiger charge is 2.25. The second-order valence-electron chi connectivity index (χ2n) is 3.05. The molecule has 0 radical (unpaired) electrons. The first-order valence-electron chi connectivity index (χ1n) is 4.01. The van der Waals surface area contributed by atoms with Gasteiger partial charge in [0, 0.05) is 12.4 Å². The summed E-state index contributed by atoms with van der Waals surface area (Å²) >= 11 is 5.37. The quantitative estimate of drug-likeness (QED) is 0.388. The molecular formula is C5H14ClNO6P2. The fourth-order valence-electron chi connectivity index (χ4n) is 0.991. The molecule has 0 saturated carbocycles. The lowest BCUT2D eigenvalue weighted by atomic mass is 10.5. The SMILES string of the molecule is O=P(O)(O)CN(CCCCl)CP(=O)(O)O. The molecule has 0 rings (SSSR count). The monoisotopic (exact) mass is 281 g/mol. The van der Waals surface area contributed by atoms with E-state index in [0.29, 0.717) is 6.42 Å². The molecule has 7 nitrogen and oxygen atoms in total. The van der Waals surface area contributed by atoms with Gasteiger partial charge in [-0.1, -0.05) is 0 Å². The normalized spacial score (nSPS) is 13.5. The van der Waals surface area contributed by atoms with Gasteiger partial charge in [-0.25, -0.2) is 0 Å². The van der Waals surface area contributed by atoms with Gasteiger partial charge in [-0.3, -0.25) is 14.0 Å². The number of hydrogen-bond donors (Lipinski definition) is 4. The van der Waals surface area contributed by atoms with Crippen LogP contribution in [0, 0.1) is 0 Å². The maximum Gasteiger partial charge on any atom is 0.339 e. The van der Waals surface area contributed by atoms with Crippen molar-refractivity contribution >= 4 is 26.8 Å². The smallest absolute Gasteiger partial charge is 0.324 e. The number of alkyl halides is 1. The molecule has 0 spiro atoms. The summed E-state index contributed by atoms with van der Waals surface area (Å²) in [5.41, 5.74) is 0. The minimum absolute atomic E-state index is 0.139. The van der Waals surface area contributed by atoms with E-state index in [-0.39, 0.29) is 12.4 Å². The van der Waals surface area contributed by atoms with E-state index in [1.165, 1.54) is 0 Å². The van der Waals surface area contributed by atoms with Crippen molar-refractivity contribution in [2.45, 2.75) is 6.42 Å². The molecule has 0 amide bonds. The average Bonchev–Trinajstić information content (AvgIpc) is 1.94. The molecule has 0 fully saturated rings. The topological polar surface area (TPSA) is 118 Å². The van der Waals surface area contributed by atoms with E-state index in [1.807, 2.05) is 0 Å². The van der Waals surface area contributed by atoms with Crippen LogP contribution in [0.5, 0.6) is 0 Å². The molecule has 0 heterocycles. The lowest BCUT2D eigenvalue weighted by Gasteiger charge is -2.22. The van der Waals surface area contributed by atoms with Gasteiger partial charge >= 0.3 is 15.2 Å². The van der Waals surface area contributed by atoms with Crippen LogP contribution in [-0.2, 0) is 9.13 Å². The average molecular weight is 282 g/mol. The number of halogens is 1. The Bertz CT molecular complexity index is 251. The second-order valence-corrected chi connectivity index (χ2v) is 6.65. The summed E-state index contributed by atoms with van der Waals surface area (Å²) in [6.45, 7) is 0.139. The standard InChI is InChI=1S/C5H14ClNO6P2/c6-2-1-3-7(4-14(8,9)10)5-15(11,12)13/h1-5H2,(H2,8,9,10)(H2,11,12,13). The highest BCUT2D eigenvalue weighted by atomic mass is 35.5. The van der Waals surface area contributed by atoms with Gasteiger partial charge in [-0.2, -0.15) is 0 Å². The van der Waals surface area contributed by atoms with Crippen molar-refractivity contribution in [1.29, 1.82) is 0 Å². The van der Waals surface area contributed by atoms with E-state index in [0.717, 1.165) is 4.90 Å².